The number of phenols is 4. The molecule has 4 aromatic rings. The normalized spacial score (nSPS) is 22.1. The van der Waals surface area contributed by atoms with Gasteiger partial charge in [0.05, 0.1) is 6.61 Å². The van der Waals surface area contributed by atoms with Crippen LogP contribution in [0.5, 0.6) is 28.7 Å². The van der Waals surface area contributed by atoms with Crippen LogP contribution in [-0.2, 0) is 14.3 Å². The van der Waals surface area contributed by atoms with Crippen LogP contribution in [0.15, 0.2) is 76.0 Å². The van der Waals surface area contributed by atoms with Gasteiger partial charge in [-0.25, -0.2) is 4.79 Å². The van der Waals surface area contributed by atoms with Crippen molar-refractivity contribution in [1.29, 1.82) is 0 Å². The number of aliphatic hydroxyl groups excluding tert-OH is 3. The van der Waals surface area contributed by atoms with Gasteiger partial charge in [0.2, 0.25) is 6.29 Å². The molecule has 1 aliphatic rings. The number of hydrogen-bond acceptors (Lipinski definition) is 13. The summed E-state index contributed by atoms with van der Waals surface area (Å²) in [6.07, 6.45) is -5.56. The summed E-state index contributed by atoms with van der Waals surface area (Å²) in [5, 5.41) is 70.4. The summed E-state index contributed by atoms with van der Waals surface area (Å²) in [7, 11) is 0. The molecule has 0 amide bonds. The van der Waals surface area contributed by atoms with Crippen LogP contribution in [0.2, 0.25) is 0 Å². The fraction of sp³-hybridized carbons (Fsp3) is 0.200. The predicted molar refractivity (Wildman–Crippen MR) is 148 cm³/mol. The lowest BCUT2D eigenvalue weighted by atomic mass is 9.99. The first-order valence-corrected chi connectivity index (χ1v) is 12.8. The molecule has 1 aliphatic heterocycles. The number of esters is 1. The molecule has 43 heavy (non-hydrogen) atoms. The maximum absolute atomic E-state index is 12.8. The molecule has 0 spiro atoms. The summed E-state index contributed by atoms with van der Waals surface area (Å²) in [5.41, 5.74) is 0.0366. The first kappa shape index (κ1) is 29.4. The highest BCUT2D eigenvalue weighted by Gasteiger charge is 2.47. The van der Waals surface area contributed by atoms with E-state index in [1.165, 1.54) is 42.5 Å². The Hall–Kier alpha value is -5.08. The van der Waals surface area contributed by atoms with E-state index in [9.17, 15) is 45.3 Å². The van der Waals surface area contributed by atoms with Crippen molar-refractivity contribution in [2.45, 2.75) is 30.7 Å². The van der Waals surface area contributed by atoms with Crippen molar-refractivity contribution < 1.29 is 59.2 Å². The van der Waals surface area contributed by atoms with Crippen LogP contribution in [-0.4, -0.2) is 79.0 Å². The Bertz CT molecular complexity index is 1730. The lowest BCUT2D eigenvalue weighted by Gasteiger charge is -2.41. The van der Waals surface area contributed by atoms with Crippen molar-refractivity contribution in [3.05, 3.63) is 82.5 Å². The second-order valence-corrected chi connectivity index (χ2v) is 9.64. The Labute approximate surface area is 242 Å². The van der Waals surface area contributed by atoms with E-state index in [1.54, 1.807) is 12.1 Å². The van der Waals surface area contributed by atoms with Gasteiger partial charge in [-0.15, -0.1) is 0 Å². The van der Waals surface area contributed by atoms with E-state index in [1.807, 2.05) is 0 Å². The zero-order valence-electron chi connectivity index (χ0n) is 22.1. The number of rotatable bonds is 7. The van der Waals surface area contributed by atoms with Gasteiger partial charge in [0, 0.05) is 29.8 Å². The van der Waals surface area contributed by atoms with E-state index in [0.717, 1.165) is 18.2 Å². The smallest absolute Gasteiger partial charge is 0.331 e. The Morgan fingerprint density at radius 1 is 0.884 bits per heavy atom. The number of phenolic OH excluding ortho intramolecular Hbond substituents is 4. The van der Waals surface area contributed by atoms with E-state index in [0.29, 0.717) is 5.56 Å². The van der Waals surface area contributed by atoms with Gasteiger partial charge in [-0.2, -0.15) is 0 Å². The van der Waals surface area contributed by atoms with Crippen LogP contribution < -0.4 is 10.2 Å². The molecule has 5 atom stereocenters. The summed E-state index contributed by atoms with van der Waals surface area (Å²) in [6, 6.07) is 13.1. The predicted octanol–water partition coefficient (Wildman–Crippen LogP) is 1.73. The zero-order chi connectivity index (χ0) is 30.8. The topological polar surface area (TPSA) is 217 Å². The maximum Gasteiger partial charge on any atom is 0.331 e. The largest absolute Gasteiger partial charge is 0.508 e. The third-order valence-corrected chi connectivity index (χ3v) is 6.67. The molecule has 224 valence electrons. The average Bonchev–Trinajstić information content (AvgIpc) is 2.97. The number of aromatic hydroxyl groups is 4. The summed E-state index contributed by atoms with van der Waals surface area (Å²) >= 11 is 0. The monoisotopic (exact) mass is 594 g/mol. The first-order chi connectivity index (χ1) is 20.5. The minimum Gasteiger partial charge on any atom is -0.508 e. The number of hydrogen-bond donors (Lipinski definition) is 7. The van der Waals surface area contributed by atoms with Crippen molar-refractivity contribution >= 4 is 23.0 Å². The lowest BCUT2D eigenvalue weighted by Crippen LogP contribution is -2.61. The molecule has 1 fully saturated rings. The number of aliphatic hydroxyl groups is 3. The van der Waals surface area contributed by atoms with E-state index in [4.69, 9.17) is 18.6 Å². The minimum absolute atomic E-state index is 0.00546. The Balaban J connectivity index is 1.39. The number of fused-ring (bicyclic) bond motifs is 1. The third kappa shape index (κ3) is 6.24. The van der Waals surface area contributed by atoms with Gasteiger partial charge in [-0.05, 0) is 42.0 Å². The summed E-state index contributed by atoms with van der Waals surface area (Å²) < 4.78 is 22.2. The third-order valence-electron chi connectivity index (χ3n) is 6.67. The standard InChI is InChI=1S/C30H26O13/c31-13-24-27(38)29(43-25(37)8-3-14-1-5-16(32)6-2-14)28(39)30(42-24)40-17-10-20(35)26-21(36)12-22(41-23(26)11-17)15-4-7-18(33)19(34)9-15/h1-12,24,27-35,38-39H,13H2. The Morgan fingerprint density at radius 2 is 1.63 bits per heavy atom. The zero-order valence-corrected chi connectivity index (χ0v) is 22.1. The van der Waals surface area contributed by atoms with Gasteiger partial charge >= 0.3 is 5.97 Å². The second kappa shape index (κ2) is 12.0. The van der Waals surface area contributed by atoms with Crippen molar-refractivity contribution in [3.8, 4) is 40.1 Å². The fourth-order valence-electron chi connectivity index (χ4n) is 4.48. The van der Waals surface area contributed by atoms with Gasteiger partial charge in [-0.3, -0.25) is 4.79 Å². The molecule has 3 aromatic carbocycles. The lowest BCUT2D eigenvalue weighted by molar-refractivity contribution is -0.280. The fourth-order valence-corrected chi connectivity index (χ4v) is 4.48. The molecular weight excluding hydrogens is 568 g/mol. The van der Waals surface area contributed by atoms with Gasteiger partial charge in [0.25, 0.3) is 0 Å². The molecule has 7 N–H and O–H groups in total. The highest BCUT2D eigenvalue weighted by molar-refractivity contribution is 5.87. The highest BCUT2D eigenvalue weighted by atomic mass is 16.7. The number of carbonyl (C=O) groups is 1. The van der Waals surface area contributed by atoms with E-state index in [2.05, 4.69) is 0 Å². The van der Waals surface area contributed by atoms with Gasteiger partial charge in [-0.1, -0.05) is 12.1 Å². The first-order valence-electron chi connectivity index (χ1n) is 12.8. The van der Waals surface area contributed by atoms with Crippen molar-refractivity contribution in [2.24, 2.45) is 0 Å². The molecule has 1 saturated heterocycles. The van der Waals surface area contributed by atoms with Gasteiger partial charge < -0.3 is 54.4 Å². The van der Waals surface area contributed by atoms with Crippen LogP contribution in [0.1, 0.15) is 5.56 Å². The molecule has 0 aliphatic carbocycles. The molecular formula is C30H26O13. The van der Waals surface area contributed by atoms with Crippen LogP contribution in [0.3, 0.4) is 0 Å². The number of carbonyl (C=O) groups excluding carboxylic acids is 1. The van der Waals surface area contributed by atoms with Crippen molar-refractivity contribution in [3.63, 3.8) is 0 Å². The van der Waals surface area contributed by atoms with Crippen LogP contribution in [0.25, 0.3) is 28.4 Å². The van der Waals surface area contributed by atoms with Crippen LogP contribution in [0, 0.1) is 0 Å². The average molecular weight is 595 g/mol. The molecule has 13 nitrogen and oxygen atoms in total. The molecule has 0 bridgehead atoms. The van der Waals surface area contributed by atoms with E-state index < -0.39 is 60.2 Å². The molecule has 2 heterocycles. The molecule has 0 saturated carbocycles. The molecule has 5 rings (SSSR count). The maximum atomic E-state index is 12.8. The van der Waals surface area contributed by atoms with E-state index >= 15 is 0 Å². The summed E-state index contributed by atoms with van der Waals surface area (Å²) in [5.74, 6) is -2.43. The molecule has 1 aromatic heterocycles. The number of benzene rings is 3. The summed E-state index contributed by atoms with van der Waals surface area (Å²) in [4.78, 5) is 25.2. The quantitative estimate of drug-likeness (QED) is 0.0923. The summed E-state index contributed by atoms with van der Waals surface area (Å²) in [6.45, 7) is -0.730. The molecule has 0 radical (unpaired) electrons. The van der Waals surface area contributed by atoms with Gasteiger partial charge in [0.1, 0.15) is 46.2 Å². The van der Waals surface area contributed by atoms with Crippen molar-refractivity contribution in [2.75, 3.05) is 6.61 Å². The highest BCUT2D eigenvalue weighted by Crippen LogP contribution is 2.35. The number of ether oxygens (including phenoxy) is 3. The van der Waals surface area contributed by atoms with Crippen molar-refractivity contribution in [1.82, 2.24) is 0 Å². The SMILES string of the molecule is O=C(C=Cc1ccc(O)cc1)OC1C(O)C(CO)OC(Oc2cc(O)c3c(=O)cc(-c4ccc(O)c(O)c4)oc3c2)C1O. The molecule has 13 heteroatoms. The Morgan fingerprint density at radius 3 is 2.33 bits per heavy atom. The van der Waals surface area contributed by atoms with Crippen LogP contribution in [0.4, 0.5) is 0 Å². The molecule has 5 unspecified atom stereocenters. The van der Waals surface area contributed by atoms with Crippen LogP contribution >= 0.6 is 0 Å². The second-order valence-electron chi connectivity index (χ2n) is 9.64. The van der Waals surface area contributed by atoms with E-state index in [-0.39, 0.29) is 39.5 Å². The minimum atomic E-state index is -1.78. The van der Waals surface area contributed by atoms with Gasteiger partial charge in [0.15, 0.2) is 29.1 Å². The Kier molecular flexibility index (Phi) is 8.23.